The maximum absolute atomic E-state index is 13.3. The minimum atomic E-state index is -0.501. The molecule has 27 heavy (non-hydrogen) atoms. The zero-order valence-corrected chi connectivity index (χ0v) is 16.2. The highest BCUT2D eigenvalue weighted by Crippen LogP contribution is 2.28. The molecule has 0 spiro atoms. The topological polar surface area (TPSA) is 46.1 Å². The molecule has 0 radical (unpaired) electrons. The van der Waals surface area contributed by atoms with Crippen molar-refractivity contribution < 1.29 is 9.18 Å². The lowest BCUT2D eigenvalue weighted by molar-refractivity contribution is -0.116. The normalized spacial score (nSPS) is 13.6. The second kappa shape index (κ2) is 8.30. The molecule has 1 amide bonds. The smallest absolute Gasteiger partial charge is 0.244 e. The lowest BCUT2D eigenvalue weighted by Gasteiger charge is -2.12. The number of nitrogens with one attached hydrogen (secondary N) is 2. The van der Waals surface area contributed by atoms with Crippen LogP contribution < -0.4 is 10.6 Å². The molecule has 0 bridgehead atoms. The number of anilines is 1. The third kappa shape index (κ3) is 3.95. The predicted octanol–water partition coefficient (Wildman–Crippen LogP) is 4.18. The van der Waals surface area contributed by atoms with Crippen molar-refractivity contribution in [2.24, 2.45) is 0 Å². The molecule has 1 aliphatic rings. The van der Waals surface area contributed by atoms with Crippen molar-refractivity contribution in [2.75, 3.05) is 18.4 Å². The molecule has 3 aromatic rings. The van der Waals surface area contributed by atoms with Crippen LogP contribution in [0.3, 0.4) is 0 Å². The summed E-state index contributed by atoms with van der Waals surface area (Å²) in [5, 5.41) is 7.43. The van der Waals surface area contributed by atoms with E-state index in [4.69, 9.17) is 11.6 Å². The molecule has 0 saturated heterocycles. The maximum atomic E-state index is 13.3. The Labute approximate surface area is 168 Å². The molecule has 2 N–H and O–H groups in total. The Hall–Kier alpha value is -2.08. The van der Waals surface area contributed by atoms with Crippen LogP contribution in [0.15, 0.2) is 42.5 Å². The fourth-order valence-corrected chi connectivity index (χ4v) is 3.82. The van der Waals surface area contributed by atoms with Crippen LogP contribution in [-0.2, 0) is 24.2 Å². The largest absolute Gasteiger partial charge is 0.335 e. The summed E-state index contributed by atoms with van der Waals surface area (Å²) in [6.45, 7) is 2.06. The molecule has 4 nitrogen and oxygen atoms in total. The van der Waals surface area contributed by atoms with Gasteiger partial charge in [0.2, 0.25) is 5.91 Å². The van der Waals surface area contributed by atoms with Gasteiger partial charge in [-0.15, -0.1) is 12.4 Å². The number of nitrogens with zero attached hydrogens (tertiary/aromatic N) is 1. The van der Waals surface area contributed by atoms with Gasteiger partial charge < -0.3 is 15.2 Å². The quantitative estimate of drug-likeness (QED) is 0.683. The van der Waals surface area contributed by atoms with Crippen molar-refractivity contribution in [2.45, 2.75) is 19.4 Å². The van der Waals surface area contributed by atoms with Crippen LogP contribution in [-0.4, -0.2) is 23.6 Å². The average Bonchev–Trinajstić information content (AvgIpc) is 2.78. The Bertz CT molecular complexity index is 987. The van der Waals surface area contributed by atoms with Gasteiger partial charge in [-0.1, -0.05) is 29.8 Å². The Morgan fingerprint density at radius 2 is 1.96 bits per heavy atom. The first-order valence-corrected chi connectivity index (χ1v) is 9.06. The van der Waals surface area contributed by atoms with Gasteiger partial charge in [0, 0.05) is 35.2 Å². The first-order chi connectivity index (χ1) is 12.6. The highest BCUT2D eigenvalue weighted by molar-refractivity contribution is 6.31. The number of aromatic nitrogens is 1. The van der Waals surface area contributed by atoms with Gasteiger partial charge in [0.1, 0.15) is 12.4 Å². The van der Waals surface area contributed by atoms with Crippen molar-refractivity contribution >= 4 is 46.5 Å². The summed E-state index contributed by atoms with van der Waals surface area (Å²) in [5.74, 6) is -0.660. The van der Waals surface area contributed by atoms with E-state index in [0.717, 1.165) is 31.4 Å². The van der Waals surface area contributed by atoms with E-state index in [9.17, 15) is 9.18 Å². The molecule has 0 unspecified atom stereocenters. The lowest BCUT2D eigenvalue weighted by atomic mass is 10.1. The van der Waals surface area contributed by atoms with Crippen molar-refractivity contribution in [1.29, 1.82) is 0 Å². The van der Waals surface area contributed by atoms with Crippen LogP contribution in [0.4, 0.5) is 10.1 Å². The first-order valence-electron chi connectivity index (χ1n) is 8.68. The molecular formula is C20H20Cl2FN3O. The van der Waals surface area contributed by atoms with E-state index in [1.165, 1.54) is 34.8 Å². The molecule has 0 aliphatic carbocycles. The molecule has 2 heterocycles. The predicted molar refractivity (Wildman–Crippen MR) is 110 cm³/mol. The lowest BCUT2D eigenvalue weighted by Crippen LogP contribution is -2.21. The number of para-hydroxylation sites is 1. The van der Waals surface area contributed by atoms with E-state index in [1.54, 1.807) is 0 Å². The van der Waals surface area contributed by atoms with E-state index < -0.39 is 5.82 Å². The number of amides is 1. The van der Waals surface area contributed by atoms with Crippen LogP contribution in [0.5, 0.6) is 0 Å². The molecule has 7 heteroatoms. The van der Waals surface area contributed by atoms with E-state index >= 15 is 0 Å². The van der Waals surface area contributed by atoms with Crippen LogP contribution in [0.25, 0.3) is 10.9 Å². The standard InChI is InChI=1S/C20H19ClFN3O.ClH/c21-16-11-13(5-6-17(16)22)24-20(26)12-25-18-4-2-1-3-14(18)15-7-9-23-10-8-19(15)25;/h1-6,11,23H,7-10,12H2,(H,24,26);1H. The van der Waals surface area contributed by atoms with Crippen LogP contribution in [0, 0.1) is 5.82 Å². The molecule has 0 fully saturated rings. The SMILES string of the molecule is Cl.O=C(Cn1c2c(c3ccccc31)CCNCC2)Nc1ccc(F)c(Cl)c1. The van der Waals surface area contributed by atoms with E-state index in [0.29, 0.717) is 5.69 Å². The highest BCUT2D eigenvalue weighted by atomic mass is 35.5. The minimum absolute atomic E-state index is 0. The summed E-state index contributed by atoms with van der Waals surface area (Å²) in [4.78, 5) is 12.6. The second-order valence-corrected chi connectivity index (χ2v) is 6.86. The first kappa shape index (κ1) is 19.7. The zero-order valence-electron chi connectivity index (χ0n) is 14.6. The zero-order chi connectivity index (χ0) is 18.1. The Kier molecular flexibility index (Phi) is 6.05. The molecule has 4 rings (SSSR count). The monoisotopic (exact) mass is 407 g/mol. The van der Waals surface area contributed by atoms with Crippen LogP contribution in [0.1, 0.15) is 11.3 Å². The fourth-order valence-electron chi connectivity index (χ4n) is 3.64. The molecule has 0 saturated carbocycles. The number of carbonyl (C=O) groups is 1. The third-order valence-corrected chi connectivity index (χ3v) is 5.08. The number of rotatable bonds is 3. The molecule has 1 aromatic heterocycles. The minimum Gasteiger partial charge on any atom is -0.335 e. The summed E-state index contributed by atoms with van der Waals surface area (Å²) in [7, 11) is 0. The number of hydrogen-bond acceptors (Lipinski definition) is 2. The average molecular weight is 408 g/mol. The molecule has 1 aliphatic heterocycles. The summed E-state index contributed by atoms with van der Waals surface area (Å²) in [5.41, 5.74) is 4.10. The summed E-state index contributed by atoms with van der Waals surface area (Å²) in [6, 6.07) is 12.4. The maximum Gasteiger partial charge on any atom is 0.244 e. The van der Waals surface area contributed by atoms with Gasteiger partial charge in [-0.25, -0.2) is 4.39 Å². The number of carbonyl (C=O) groups excluding carboxylic acids is 1. The number of halogens is 3. The number of benzene rings is 2. The second-order valence-electron chi connectivity index (χ2n) is 6.46. The number of hydrogen-bond donors (Lipinski definition) is 2. The third-order valence-electron chi connectivity index (χ3n) is 4.79. The Morgan fingerprint density at radius 3 is 2.78 bits per heavy atom. The molecule has 0 atom stereocenters. The Balaban J connectivity index is 0.00000210. The van der Waals surface area contributed by atoms with Crippen LogP contribution in [0.2, 0.25) is 5.02 Å². The van der Waals surface area contributed by atoms with Crippen LogP contribution >= 0.6 is 24.0 Å². The van der Waals surface area contributed by atoms with Gasteiger partial charge in [-0.05, 0) is 42.8 Å². The van der Waals surface area contributed by atoms with Crippen molar-refractivity contribution in [3.63, 3.8) is 0 Å². The van der Waals surface area contributed by atoms with Crippen molar-refractivity contribution in [3.8, 4) is 0 Å². The van der Waals surface area contributed by atoms with Gasteiger partial charge in [0.05, 0.1) is 5.02 Å². The van der Waals surface area contributed by atoms with Gasteiger partial charge in [-0.3, -0.25) is 4.79 Å². The molecular weight excluding hydrogens is 388 g/mol. The number of fused-ring (bicyclic) bond motifs is 3. The molecule has 142 valence electrons. The van der Waals surface area contributed by atoms with E-state index in [-0.39, 0.29) is 29.9 Å². The summed E-state index contributed by atoms with van der Waals surface area (Å²) < 4.78 is 15.4. The van der Waals surface area contributed by atoms with Gasteiger partial charge >= 0.3 is 0 Å². The molecule has 2 aromatic carbocycles. The summed E-state index contributed by atoms with van der Waals surface area (Å²) in [6.07, 6.45) is 1.84. The van der Waals surface area contributed by atoms with Gasteiger partial charge in [0.25, 0.3) is 0 Å². The Morgan fingerprint density at radius 1 is 1.19 bits per heavy atom. The fraction of sp³-hybridized carbons (Fsp3) is 0.250. The summed E-state index contributed by atoms with van der Waals surface area (Å²) >= 11 is 5.79. The van der Waals surface area contributed by atoms with Gasteiger partial charge in [-0.2, -0.15) is 0 Å². The van der Waals surface area contributed by atoms with E-state index in [2.05, 4.69) is 27.3 Å². The van der Waals surface area contributed by atoms with Crippen molar-refractivity contribution in [1.82, 2.24) is 9.88 Å². The highest BCUT2D eigenvalue weighted by Gasteiger charge is 2.20. The van der Waals surface area contributed by atoms with Gasteiger partial charge in [0.15, 0.2) is 0 Å². The van der Waals surface area contributed by atoms with Crippen molar-refractivity contribution in [3.05, 3.63) is 64.6 Å². The van der Waals surface area contributed by atoms with E-state index in [1.807, 2.05) is 12.1 Å².